The molecule has 0 spiro atoms. The summed E-state index contributed by atoms with van der Waals surface area (Å²) < 4.78 is 24.7. The molecule has 1 aromatic carbocycles. The van der Waals surface area contributed by atoms with Crippen LogP contribution in [-0.2, 0) is 21.6 Å². The number of hydrogen-bond donors (Lipinski definition) is 1. The molecule has 0 unspecified atom stereocenters. The molecule has 2 rings (SSSR count). The fraction of sp³-hybridized carbons (Fsp3) is 0.562. The van der Waals surface area contributed by atoms with Crippen LogP contribution in [0.5, 0.6) is 5.75 Å². The summed E-state index contributed by atoms with van der Waals surface area (Å²) in [6.07, 6.45) is 3.71. The van der Waals surface area contributed by atoms with Gasteiger partial charge in [0, 0.05) is 18.2 Å². The van der Waals surface area contributed by atoms with E-state index in [0.717, 1.165) is 19.3 Å². The molecular weight excluding hydrogens is 275 g/mol. The van der Waals surface area contributed by atoms with E-state index in [9.17, 15) is 14.3 Å². The van der Waals surface area contributed by atoms with Crippen LogP contribution in [0.4, 0.5) is 4.39 Å². The average Bonchev–Trinajstić information content (AvgIpc) is 2.49. The monoisotopic (exact) mass is 296 g/mol. The van der Waals surface area contributed by atoms with Gasteiger partial charge in [-0.25, -0.2) is 4.39 Å². The third kappa shape index (κ3) is 2.75. The van der Waals surface area contributed by atoms with Gasteiger partial charge in [-0.3, -0.25) is 4.79 Å². The predicted octanol–water partition coefficient (Wildman–Crippen LogP) is 3.27. The molecule has 1 aromatic rings. The number of carboxylic acid groups (broad SMARTS) is 1. The fourth-order valence-electron chi connectivity index (χ4n) is 3.19. The maximum Gasteiger partial charge on any atom is 0.314 e. The molecule has 0 amide bonds. The Morgan fingerprint density at radius 2 is 1.95 bits per heavy atom. The number of methoxy groups -OCH3 is 2. The highest BCUT2D eigenvalue weighted by molar-refractivity contribution is 5.82. The second kappa shape index (κ2) is 6.43. The zero-order valence-corrected chi connectivity index (χ0v) is 12.4. The first-order chi connectivity index (χ1) is 10.1. The molecule has 1 N–H and O–H groups in total. The molecule has 0 bridgehead atoms. The van der Waals surface area contributed by atoms with E-state index in [4.69, 9.17) is 9.47 Å². The van der Waals surface area contributed by atoms with Gasteiger partial charge in [0.1, 0.15) is 0 Å². The lowest BCUT2D eigenvalue weighted by molar-refractivity contribution is -0.145. The minimum atomic E-state index is -1.05. The van der Waals surface area contributed by atoms with Crippen molar-refractivity contribution in [2.24, 2.45) is 0 Å². The topological polar surface area (TPSA) is 55.8 Å². The molecule has 4 nitrogen and oxygen atoms in total. The van der Waals surface area contributed by atoms with Crippen LogP contribution in [0.2, 0.25) is 0 Å². The molecule has 0 saturated heterocycles. The van der Waals surface area contributed by atoms with Crippen molar-refractivity contribution in [3.05, 3.63) is 29.1 Å². The Bertz CT molecular complexity index is 521. The van der Waals surface area contributed by atoms with Gasteiger partial charge in [0.25, 0.3) is 0 Å². The molecule has 0 radical (unpaired) electrons. The van der Waals surface area contributed by atoms with E-state index < -0.39 is 17.2 Å². The van der Waals surface area contributed by atoms with Crippen molar-refractivity contribution in [3.8, 4) is 5.75 Å². The lowest BCUT2D eigenvalue weighted by Gasteiger charge is -2.34. The van der Waals surface area contributed by atoms with Crippen LogP contribution in [0.1, 0.15) is 43.2 Å². The second-order valence-electron chi connectivity index (χ2n) is 5.50. The number of benzene rings is 1. The maximum atomic E-state index is 14.5. The number of ether oxygens (including phenoxy) is 2. The summed E-state index contributed by atoms with van der Waals surface area (Å²) >= 11 is 0. The highest BCUT2D eigenvalue weighted by atomic mass is 19.1. The first kappa shape index (κ1) is 15.8. The van der Waals surface area contributed by atoms with Gasteiger partial charge in [0.2, 0.25) is 0 Å². The summed E-state index contributed by atoms with van der Waals surface area (Å²) in [6.45, 7) is 0.128. The first-order valence-corrected chi connectivity index (χ1v) is 7.15. The fourth-order valence-corrected chi connectivity index (χ4v) is 3.19. The summed E-state index contributed by atoms with van der Waals surface area (Å²) in [5.74, 6) is -1.39. The Kier molecular flexibility index (Phi) is 4.83. The molecule has 0 aromatic heterocycles. The highest BCUT2D eigenvalue weighted by Crippen LogP contribution is 2.44. The molecule has 21 heavy (non-hydrogen) atoms. The Labute approximate surface area is 123 Å². The van der Waals surface area contributed by atoms with Crippen molar-refractivity contribution >= 4 is 5.97 Å². The lowest BCUT2D eigenvalue weighted by atomic mass is 9.69. The third-order valence-electron chi connectivity index (χ3n) is 4.31. The molecular formula is C16H21FO4. The van der Waals surface area contributed by atoms with Crippen molar-refractivity contribution in [2.45, 2.75) is 44.1 Å². The molecule has 5 heteroatoms. The number of rotatable bonds is 5. The number of carbonyl (C=O) groups is 1. The van der Waals surface area contributed by atoms with Crippen LogP contribution < -0.4 is 4.74 Å². The van der Waals surface area contributed by atoms with Gasteiger partial charge in [-0.05, 0) is 12.8 Å². The minimum Gasteiger partial charge on any atom is -0.493 e. The Morgan fingerprint density at radius 1 is 1.29 bits per heavy atom. The van der Waals surface area contributed by atoms with Gasteiger partial charge in [0.15, 0.2) is 11.6 Å². The largest absolute Gasteiger partial charge is 0.493 e. The Morgan fingerprint density at radius 3 is 2.48 bits per heavy atom. The van der Waals surface area contributed by atoms with Gasteiger partial charge in [0.05, 0.1) is 19.1 Å². The molecule has 1 saturated carbocycles. The summed E-state index contributed by atoms with van der Waals surface area (Å²) in [6, 6.07) is 3.27. The van der Waals surface area contributed by atoms with Crippen LogP contribution in [0, 0.1) is 5.82 Å². The van der Waals surface area contributed by atoms with Gasteiger partial charge < -0.3 is 14.6 Å². The molecule has 116 valence electrons. The molecule has 1 fully saturated rings. The van der Waals surface area contributed by atoms with E-state index in [0.29, 0.717) is 24.0 Å². The molecule has 0 heterocycles. The van der Waals surface area contributed by atoms with Crippen LogP contribution in [0.15, 0.2) is 12.1 Å². The van der Waals surface area contributed by atoms with E-state index in [-0.39, 0.29) is 12.4 Å². The smallest absolute Gasteiger partial charge is 0.314 e. The standard InChI is InChI=1S/C16H21FO4/c1-20-10-11-6-7-12(14(21-2)13(11)17)16(15(18)19)8-4-3-5-9-16/h6-7H,3-5,8-10H2,1-2H3,(H,18,19). The van der Waals surface area contributed by atoms with Crippen LogP contribution in [0.3, 0.4) is 0 Å². The van der Waals surface area contributed by atoms with Crippen molar-refractivity contribution < 1.29 is 23.8 Å². The van der Waals surface area contributed by atoms with Crippen LogP contribution in [0.25, 0.3) is 0 Å². The van der Waals surface area contributed by atoms with Gasteiger partial charge in [-0.1, -0.05) is 31.4 Å². The van der Waals surface area contributed by atoms with E-state index in [1.165, 1.54) is 14.2 Å². The molecule has 1 aliphatic carbocycles. The van der Waals surface area contributed by atoms with Crippen LogP contribution >= 0.6 is 0 Å². The van der Waals surface area contributed by atoms with Gasteiger partial charge in [-0.2, -0.15) is 0 Å². The average molecular weight is 296 g/mol. The van der Waals surface area contributed by atoms with Crippen LogP contribution in [-0.4, -0.2) is 25.3 Å². The maximum absolute atomic E-state index is 14.5. The van der Waals surface area contributed by atoms with E-state index in [1.807, 2.05) is 0 Å². The molecule has 0 aliphatic heterocycles. The highest BCUT2D eigenvalue weighted by Gasteiger charge is 2.44. The third-order valence-corrected chi connectivity index (χ3v) is 4.31. The SMILES string of the molecule is COCc1ccc(C2(C(=O)O)CCCCC2)c(OC)c1F. The lowest BCUT2D eigenvalue weighted by Crippen LogP contribution is -2.38. The minimum absolute atomic E-state index is 0.0360. The van der Waals surface area contributed by atoms with E-state index >= 15 is 0 Å². The van der Waals surface area contributed by atoms with Gasteiger partial charge >= 0.3 is 5.97 Å². The quantitative estimate of drug-likeness (QED) is 0.906. The molecule has 1 aliphatic rings. The summed E-state index contributed by atoms with van der Waals surface area (Å²) in [7, 11) is 2.86. The van der Waals surface area contributed by atoms with E-state index in [1.54, 1.807) is 12.1 Å². The van der Waals surface area contributed by atoms with Crippen molar-refractivity contribution in [1.29, 1.82) is 0 Å². The van der Waals surface area contributed by atoms with Gasteiger partial charge in [-0.15, -0.1) is 0 Å². The summed E-state index contributed by atoms with van der Waals surface area (Å²) in [5, 5.41) is 9.72. The summed E-state index contributed by atoms with van der Waals surface area (Å²) in [5.41, 5.74) is -0.236. The summed E-state index contributed by atoms with van der Waals surface area (Å²) in [4.78, 5) is 11.9. The Balaban J connectivity index is 2.55. The molecule has 0 atom stereocenters. The zero-order valence-electron chi connectivity index (χ0n) is 12.4. The second-order valence-corrected chi connectivity index (χ2v) is 5.50. The normalized spacial score (nSPS) is 17.5. The number of hydrogen-bond acceptors (Lipinski definition) is 3. The number of carboxylic acids is 1. The Hall–Kier alpha value is -1.62. The predicted molar refractivity (Wildman–Crippen MR) is 76.1 cm³/mol. The number of halogens is 1. The van der Waals surface area contributed by atoms with Crippen molar-refractivity contribution in [1.82, 2.24) is 0 Å². The van der Waals surface area contributed by atoms with Crippen molar-refractivity contribution in [3.63, 3.8) is 0 Å². The van der Waals surface area contributed by atoms with Crippen molar-refractivity contribution in [2.75, 3.05) is 14.2 Å². The van der Waals surface area contributed by atoms with E-state index in [2.05, 4.69) is 0 Å². The number of aliphatic carboxylic acids is 1. The zero-order chi connectivity index (χ0) is 15.5. The first-order valence-electron chi connectivity index (χ1n) is 7.15.